The van der Waals surface area contributed by atoms with Gasteiger partial charge in [0.05, 0.1) is 13.0 Å². The number of amides is 3. The predicted octanol–water partition coefficient (Wildman–Crippen LogP) is 5.60. The number of hydrogen-bond donors (Lipinski definition) is 3. The molecule has 2 aromatic carbocycles. The zero-order valence-corrected chi connectivity index (χ0v) is 26.6. The molecular formula is C38H46N4O4. The van der Waals surface area contributed by atoms with Gasteiger partial charge in [0.2, 0.25) is 17.7 Å². The quantitative estimate of drug-likeness (QED) is 0.191. The fourth-order valence-electron chi connectivity index (χ4n) is 7.87. The van der Waals surface area contributed by atoms with E-state index in [9.17, 15) is 14.4 Å². The van der Waals surface area contributed by atoms with Gasteiger partial charge in [-0.2, -0.15) is 0 Å². The van der Waals surface area contributed by atoms with Crippen LogP contribution in [0.5, 0.6) is 5.75 Å². The predicted molar refractivity (Wildman–Crippen MR) is 178 cm³/mol. The van der Waals surface area contributed by atoms with Crippen LogP contribution in [0.15, 0.2) is 72.9 Å². The monoisotopic (exact) mass is 622 g/mol. The number of carbonyl (C=O) groups excluding carboxylic acids is 3. The van der Waals surface area contributed by atoms with Crippen LogP contribution in [0.2, 0.25) is 0 Å². The summed E-state index contributed by atoms with van der Waals surface area (Å²) in [6.07, 6.45) is 10.7. The van der Waals surface area contributed by atoms with E-state index in [1.54, 1.807) is 6.20 Å². The summed E-state index contributed by atoms with van der Waals surface area (Å²) in [7, 11) is 0. The average Bonchev–Trinajstić information content (AvgIpc) is 3.06. The average molecular weight is 623 g/mol. The minimum Gasteiger partial charge on any atom is -0.494 e. The van der Waals surface area contributed by atoms with Gasteiger partial charge in [0.15, 0.2) is 0 Å². The van der Waals surface area contributed by atoms with Crippen molar-refractivity contribution in [2.45, 2.75) is 76.8 Å². The van der Waals surface area contributed by atoms with E-state index in [1.807, 2.05) is 66.7 Å². The van der Waals surface area contributed by atoms with Crippen LogP contribution in [-0.2, 0) is 27.3 Å². The third-order valence-electron chi connectivity index (χ3n) is 9.96. The van der Waals surface area contributed by atoms with Crippen molar-refractivity contribution in [2.24, 2.45) is 23.7 Å². The number of hydrogen-bond acceptors (Lipinski definition) is 5. The lowest BCUT2D eigenvalue weighted by Gasteiger charge is -2.54. The van der Waals surface area contributed by atoms with Crippen molar-refractivity contribution in [1.82, 2.24) is 20.9 Å². The number of benzene rings is 2. The van der Waals surface area contributed by atoms with Gasteiger partial charge in [-0.05, 0) is 97.9 Å². The first-order chi connectivity index (χ1) is 22.5. The molecule has 4 aliphatic rings. The van der Waals surface area contributed by atoms with E-state index in [1.165, 1.54) is 32.1 Å². The molecule has 3 amide bonds. The van der Waals surface area contributed by atoms with Crippen LogP contribution < -0.4 is 20.7 Å². The molecule has 3 aromatic rings. The first-order valence-electron chi connectivity index (χ1n) is 17.0. The Kier molecular flexibility index (Phi) is 10.6. The number of rotatable bonds is 15. The molecule has 8 nitrogen and oxygen atoms in total. The Morgan fingerprint density at radius 2 is 1.41 bits per heavy atom. The Morgan fingerprint density at radius 3 is 2.11 bits per heavy atom. The largest absolute Gasteiger partial charge is 0.494 e. The second kappa shape index (κ2) is 15.4. The van der Waals surface area contributed by atoms with Gasteiger partial charge in [-0.3, -0.25) is 19.4 Å². The molecule has 1 aromatic heterocycles. The Morgan fingerprint density at radius 1 is 0.717 bits per heavy atom. The summed E-state index contributed by atoms with van der Waals surface area (Å²) in [5, 5.41) is 9.22. The minimum absolute atomic E-state index is 0.0146. The van der Waals surface area contributed by atoms with Crippen LogP contribution in [0.1, 0.15) is 69.0 Å². The van der Waals surface area contributed by atoms with Crippen molar-refractivity contribution in [3.63, 3.8) is 0 Å². The summed E-state index contributed by atoms with van der Waals surface area (Å²) in [4.78, 5) is 41.6. The van der Waals surface area contributed by atoms with Crippen molar-refractivity contribution >= 4 is 17.7 Å². The third-order valence-corrected chi connectivity index (χ3v) is 9.96. The fourth-order valence-corrected chi connectivity index (χ4v) is 7.87. The van der Waals surface area contributed by atoms with Crippen LogP contribution in [0.4, 0.5) is 0 Å². The number of pyridine rings is 1. The maximum absolute atomic E-state index is 12.6. The first-order valence-corrected chi connectivity index (χ1v) is 17.0. The Bertz CT molecular complexity index is 1430. The summed E-state index contributed by atoms with van der Waals surface area (Å²) in [6, 6.07) is 21.9. The summed E-state index contributed by atoms with van der Waals surface area (Å²) >= 11 is 0. The van der Waals surface area contributed by atoms with E-state index in [4.69, 9.17) is 4.74 Å². The SMILES string of the molecule is O=C(CCCC(=O)NC1C2CC3CC(C2)CC1C3)NCCCOc1ccc(-c2ccc(CC(=O)NCc3ccccc3)nc2)cc1. The number of aromatic nitrogens is 1. The highest BCUT2D eigenvalue weighted by atomic mass is 16.5. The second-order valence-electron chi connectivity index (χ2n) is 13.4. The van der Waals surface area contributed by atoms with Gasteiger partial charge < -0.3 is 20.7 Å². The molecule has 242 valence electrons. The number of nitrogens with one attached hydrogen (secondary N) is 3. The second-order valence-corrected chi connectivity index (χ2v) is 13.4. The van der Waals surface area contributed by atoms with Crippen LogP contribution in [-0.4, -0.2) is 41.9 Å². The maximum atomic E-state index is 12.6. The summed E-state index contributed by atoms with van der Waals surface area (Å²) < 4.78 is 5.86. The highest BCUT2D eigenvalue weighted by Gasteiger charge is 2.48. The first kappa shape index (κ1) is 31.8. The van der Waals surface area contributed by atoms with Crippen molar-refractivity contribution in [2.75, 3.05) is 13.2 Å². The molecule has 0 unspecified atom stereocenters. The highest BCUT2D eigenvalue weighted by Crippen LogP contribution is 2.53. The molecule has 0 spiro atoms. The van der Waals surface area contributed by atoms with E-state index >= 15 is 0 Å². The molecule has 3 N–H and O–H groups in total. The van der Waals surface area contributed by atoms with Gasteiger partial charge in [-0.25, -0.2) is 0 Å². The minimum atomic E-state index is -0.0586. The maximum Gasteiger partial charge on any atom is 0.226 e. The molecule has 4 fully saturated rings. The lowest BCUT2D eigenvalue weighted by atomic mass is 9.54. The van der Waals surface area contributed by atoms with Gasteiger partial charge in [-0.1, -0.05) is 48.5 Å². The molecule has 0 atom stereocenters. The van der Waals surface area contributed by atoms with Crippen LogP contribution in [0.25, 0.3) is 11.1 Å². The molecular weight excluding hydrogens is 576 g/mol. The third kappa shape index (κ3) is 8.74. The van der Waals surface area contributed by atoms with Crippen molar-refractivity contribution in [3.05, 3.63) is 84.2 Å². The summed E-state index contributed by atoms with van der Waals surface area (Å²) in [5.41, 5.74) is 3.76. The van der Waals surface area contributed by atoms with Gasteiger partial charge in [-0.15, -0.1) is 0 Å². The lowest BCUT2D eigenvalue weighted by Crippen LogP contribution is -2.55. The Hall–Kier alpha value is -4.20. The van der Waals surface area contributed by atoms with E-state index in [-0.39, 0.29) is 24.1 Å². The number of nitrogens with zero attached hydrogens (tertiary/aromatic N) is 1. The van der Waals surface area contributed by atoms with Crippen LogP contribution in [0, 0.1) is 23.7 Å². The Labute approximate surface area is 272 Å². The van der Waals surface area contributed by atoms with Crippen molar-refractivity contribution < 1.29 is 19.1 Å². The topological polar surface area (TPSA) is 109 Å². The standard InChI is InChI=1S/C38H46N4O4/c43-35(8-4-9-36(44)42-38-31-19-27-18-28(21-31)22-32(38)20-27)39-16-5-17-46-34-14-11-29(12-15-34)30-10-13-33(40-25-30)23-37(45)41-24-26-6-2-1-3-7-26/h1-3,6-7,10-15,25,27-28,31-32,38H,4-5,8-9,16-24H2,(H,39,43)(H,41,45)(H,42,44). The molecule has 46 heavy (non-hydrogen) atoms. The van der Waals surface area contributed by atoms with Gasteiger partial charge in [0.1, 0.15) is 5.75 Å². The molecule has 4 aliphatic carbocycles. The molecule has 4 saturated carbocycles. The normalized spacial score (nSPS) is 22.7. The Balaban J connectivity index is 0.820. The van der Waals surface area contributed by atoms with Gasteiger partial charge >= 0.3 is 0 Å². The zero-order chi connectivity index (χ0) is 31.7. The van der Waals surface area contributed by atoms with E-state index in [2.05, 4.69) is 20.9 Å². The fraction of sp³-hybridized carbons (Fsp3) is 0.474. The van der Waals surface area contributed by atoms with Gasteiger partial charge in [0, 0.05) is 49.4 Å². The molecule has 1 heterocycles. The van der Waals surface area contributed by atoms with Crippen molar-refractivity contribution in [1.29, 1.82) is 0 Å². The summed E-state index contributed by atoms with van der Waals surface area (Å²) in [6.45, 7) is 1.54. The molecule has 0 aliphatic heterocycles. The molecule has 4 bridgehead atoms. The van der Waals surface area contributed by atoms with Crippen LogP contribution in [0.3, 0.4) is 0 Å². The smallest absolute Gasteiger partial charge is 0.226 e. The van der Waals surface area contributed by atoms with Gasteiger partial charge in [0.25, 0.3) is 0 Å². The van der Waals surface area contributed by atoms with E-state index in [0.717, 1.165) is 40.0 Å². The summed E-state index contributed by atoms with van der Waals surface area (Å²) in [5.74, 6) is 3.95. The molecule has 0 radical (unpaired) electrons. The van der Waals surface area contributed by atoms with Crippen LogP contribution >= 0.6 is 0 Å². The zero-order valence-electron chi connectivity index (χ0n) is 26.6. The number of ether oxygens (including phenoxy) is 1. The molecule has 0 saturated heterocycles. The lowest BCUT2D eigenvalue weighted by molar-refractivity contribution is -0.125. The highest BCUT2D eigenvalue weighted by molar-refractivity contribution is 5.79. The van der Waals surface area contributed by atoms with E-state index < -0.39 is 0 Å². The van der Waals surface area contributed by atoms with Crippen molar-refractivity contribution in [3.8, 4) is 16.9 Å². The molecule has 8 heteroatoms. The van der Waals surface area contributed by atoms with E-state index in [0.29, 0.717) is 63.3 Å². The number of carbonyl (C=O) groups is 3. The molecule has 7 rings (SSSR count).